The molecule has 148 valence electrons. The molecule has 0 radical (unpaired) electrons. The maximum atomic E-state index is 13.6. The van der Waals surface area contributed by atoms with Gasteiger partial charge in [0.25, 0.3) is 5.91 Å². The number of halogens is 2. The average Bonchev–Trinajstić information content (AvgIpc) is 3.31. The van der Waals surface area contributed by atoms with Crippen molar-refractivity contribution in [3.63, 3.8) is 0 Å². The van der Waals surface area contributed by atoms with Gasteiger partial charge in [0.05, 0.1) is 6.26 Å². The Morgan fingerprint density at radius 1 is 1.25 bits per heavy atom. The van der Waals surface area contributed by atoms with Crippen molar-refractivity contribution in [2.75, 3.05) is 17.7 Å². The maximum absolute atomic E-state index is 13.6. The van der Waals surface area contributed by atoms with Gasteiger partial charge in [0, 0.05) is 12.7 Å². The summed E-state index contributed by atoms with van der Waals surface area (Å²) in [5.74, 6) is -3.17. The highest BCUT2D eigenvalue weighted by Crippen LogP contribution is 2.41. The lowest BCUT2D eigenvalue weighted by molar-refractivity contribution is -0.155. The summed E-state index contributed by atoms with van der Waals surface area (Å²) in [5.41, 5.74) is -0.622. The number of hydrogen-bond acceptors (Lipinski definition) is 6. The molecule has 0 unspecified atom stereocenters. The van der Waals surface area contributed by atoms with Gasteiger partial charge in [0.2, 0.25) is 5.91 Å². The largest absolute Gasteiger partial charge is 0.466 e. The number of rotatable bonds is 5. The lowest BCUT2D eigenvalue weighted by Crippen LogP contribution is -2.43. The smallest absolute Gasteiger partial charge is 0.330 e. The van der Waals surface area contributed by atoms with E-state index in [0.29, 0.717) is 5.76 Å². The minimum absolute atomic E-state index is 0.257. The average molecular weight is 410 g/mol. The van der Waals surface area contributed by atoms with Crippen LogP contribution in [-0.4, -0.2) is 41.1 Å². The van der Waals surface area contributed by atoms with Gasteiger partial charge < -0.3 is 19.4 Å². The summed E-state index contributed by atoms with van der Waals surface area (Å²) < 4.78 is 37.4. The van der Waals surface area contributed by atoms with Crippen molar-refractivity contribution in [3.05, 3.63) is 54.0 Å². The van der Waals surface area contributed by atoms with Gasteiger partial charge in [-0.15, -0.1) is 11.8 Å². The van der Waals surface area contributed by atoms with E-state index in [9.17, 15) is 23.2 Å². The molecule has 2 atom stereocenters. The Morgan fingerprint density at radius 2 is 1.96 bits per heavy atom. The minimum Gasteiger partial charge on any atom is -0.466 e. The first kappa shape index (κ1) is 19.9. The molecule has 1 aliphatic rings. The standard InChI is InChI=1S/C18H16F2N2O5S/c1-10(23)22-13(9-28-17(22)14-6-3-7-26-14)18(25)27-8-15(24)21-16-11(19)4-2-5-12(16)20/h2-7,13,17H,8-9H2,1H3,(H,21,24)/t13-,17-/m0/s1. The molecule has 1 aromatic heterocycles. The fraction of sp³-hybridized carbons (Fsp3) is 0.278. The van der Waals surface area contributed by atoms with Crippen LogP contribution in [0, 0.1) is 11.6 Å². The monoisotopic (exact) mass is 410 g/mol. The number of benzene rings is 1. The highest BCUT2D eigenvalue weighted by Gasteiger charge is 2.43. The summed E-state index contributed by atoms with van der Waals surface area (Å²) >= 11 is 1.32. The lowest BCUT2D eigenvalue weighted by atomic mass is 10.2. The molecule has 0 spiro atoms. The topological polar surface area (TPSA) is 88.8 Å². The van der Waals surface area contributed by atoms with Crippen LogP contribution in [0.4, 0.5) is 14.5 Å². The number of ether oxygens (including phenoxy) is 1. The van der Waals surface area contributed by atoms with Crippen molar-refractivity contribution in [1.29, 1.82) is 0 Å². The number of anilines is 1. The van der Waals surface area contributed by atoms with Crippen LogP contribution in [0.5, 0.6) is 0 Å². The number of esters is 1. The summed E-state index contributed by atoms with van der Waals surface area (Å²) in [6, 6.07) is 5.59. The normalized spacial score (nSPS) is 18.8. The molecule has 1 aliphatic heterocycles. The van der Waals surface area contributed by atoms with Gasteiger partial charge in [0.15, 0.2) is 6.61 Å². The summed E-state index contributed by atoms with van der Waals surface area (Å²) in [7, 11) is 0. The van der Waals surface area contributed by atoms with E-state index in [1.54, 1.807) is 12.1 Å². The summed E-state index contributed by atoms with van der Waals surface area (Å²) in [6.07, 6.45) is 1.46. The summed E-state index contributed by atoms with van der Waals surface area (Å²) in [5, 5.41) is 1.54. The quantitative estimate of drug-likeness (QED) is 0.763. The van der Waals surface area contributed by atoms with Crippen LogP contribution in [0.3, 0.4) is 0 Å². The number of nitrogens with zero attached hydrogens (tertiary/aromatic N) is 1. The first-order chi connectivity index (χ1) is 13.4. The first-order valence-electron chi connectivity index (χ1n) is 8.23. The SMILES string of the molecule is CC(=O)N1[C@H](C(=O)OCC(=O)Nc2c(F)cccc2F)CS[C@H]1c1ccco1. The van der Waals surface area contributed by atoms with Crippen LogP contribution in [0.25, 0.3) is 0 Å². The molecule has 1 N–H and O–H groups in total. The van der Waals surface area contributed by atoms with Crippen LogP contribution >= 0.6 is 11.8 Å². The predicted molar refractivity (Wildman–Crippen MR) is 96.2 cm³/mol. The molecular weight excluding hydrogens is 394 g/mol. The van der Waals surface area contributed by atoms with Gasteiger partial charge in [-0.05, 0) is 24.3 Å². The van der Waals surface area contributed by atoms with Crippen molar-refractivity contribution >= 4 is 35.2 Å². The second-order valence-corrected chi connectivity index (χ2v) is 7.01. The zero-order valence-corrected chi connectivity index (χ0v) is 15.5. The molecule has 2 heterocycles. The minimum atomic E-state index is -0.948. The molecule has 2 aromatic rings. The molecular formula is C18H16F2N2O5S. The van der Waals surface area contributed by atoms with Crippen LogP contribution in [0.1, 0.15) is 18.1 Å². The third kappa shape index (κ3) is 4.16. The van der Waals surface area contributed by atoms with Gasteiger partial charge in [-0.25, -0.2) is 13.6 Å². The Bertz CT molecular complexity index is 870. The second kappa shape index (κ2) is 8.42. The number of para-hydroxylation sites is 1. The summed E-state index contributed by atoms with van der Waals surface area (Å²) in [6.45, 7) is 0.570. The summed E-state index contributed by atoms with van der Waals surface area (Å²) in [4.78, 5) is 37.6. The Labute approximate surface area is 163 Å². The zero-order valence-electron chi connectivity index (χ0n) is 14.7. The fourth-order valence-electron chi connectivity index (χ4n) is 2.75. The van der Waals surface area contributed by atoms with Crippen LogP contribution in [0.15, 0.2) is 41.0 Å². The van der Waals surface area contributed by atoms with Gasteiger partial charge in [-0.3, -0.25) is 9.59 Å². The van der Waals surface area contributed by atoms with E-state index in [0.717, 1.165) is 18.2 Å². The van der Waals surface area contributed by atoms with Crippen LogP contribution in [0.2, 0.25) is 0 Å². The predicted octanol–water partition coefficient (Wildman–Crippen LogP) is 2.70. The van der Waals surface area contributed by atoms with Crippen molar-refractivity contribution in [2.45, 2.75) is 18.3 Å². The molecule has 7 nitrogen and oxygen atoms in total. The number of nitrogens with one attached hydrogen (secondary N) is 1. The van der Waals surface area contributed by atoms with Crippen molar-refractivity contribution < 1.29 is 32.3 Å². The zero-order chi connectivity index (χ0) is 20.3. The van der Waals surface area contributed by atoms with E-state index in [1.165, 1.54) is 29.8 Å². The fourth-order valence-corrected chi connectivity index (χ4v) is 4.16. The Kier molecular flexibility index (Phi) is 5.98. The highest BCUT2D eigenvalue weighted by molar-refractivity contribution is 7.99. The maximum Gasteiger partial charge on any atom is 0.330 e. The van der Waals surface area contributed by atoms with E-state index in [4.69, 9.17) is 9.15 Å². The molecule has 10 heteroatoms. The molecule has 0 saturated carbocycles. The lowest BCUT2D eigenvalue weighted by Gasteiger charge is -2.25. The van der Waals surface area contributed by atoms with E-state index >= 15 is 0 Å². The van der Waals surface area contributed by atoms with Crippen molar-refractivity contribution in [2.24, 2.45) is 0 Å². The van der Waals surface area contributed by atoms with Crippen LogP contribution in [-0.2, 0) is 19.1 Å². The number of hydrogen-bond donors (Lipinski definition) is 1. The Balaban J connectivity index is 1.61. The third-order valence-corrected chi connectivity index (χ3v) is 5.28. The molecule has 1 fully saturated rings. The first-order valence-corrected chi connectivity index (χ1v) is 9.27. The Morgan fingerprint density at radius 3 is 2.57 bits per heavy atom. The number of carbonyl (C=O) groups is 3. The molecule has 28 heavy (non-hydrogen) atoms. The molecule has 0 bridgehead atoms. The second-order valence-electron chi connectivity index (χ2n) is 5.90. The van der Waals surface area contributed by atoms with Gasteiger partial charge in [-0.2, -0.15) is 0 Å². The van der Waals surface area contributed by atoms with Crippen LogP contribution < -0.4 is 5.32 Å². The van der Waals surface area contributed by atoms with Crippen molar-refractivity contribution in [1.82, 2.24) is 4.90 Å². The van der Waals surface area contributed by atoms with Gasteiger partial charge in [0.1, 0.15) is 34.5 Å². The third-order valence-electron chi connectivity index (χ3n) is 4.00. The number of furan rings is 1. The Hall–Kier alpha value is -2.88. The van der Waals surface area contributed by atoms with Crippen molar-refractivity contribution in [3.8, 4) is 0 Å². The number of thioether (sulfide) groups is 1. The van der Waals surface area contributed by atoms with E-state index < -0.39 is 47.2 Å². The van der Waals surface area contributed by atoms with E-state index in [-0.39, 0.29) is 11.7 Å². The molecule has 2 amide bonds. The van der Waals surface area contributed by atoms with E-state index in [1.807, 2.05) is 5.32 Å². The van der Waals surface area contributed by atoms with E-state index in [2.05, 4.69) is 0 Å². The highest BCUT2D eigenvalue weighted by atomic mass is 32.2. The van der Waals surface area contributed by atoms with Gasteiger partial charge >= 0.3 is 5.97 Å². The molecule has 3 rings (SSSR count). The van der Waals surface area contributed by atoms with Gasteiger partial charge in [-0.1, -0.05) is 6.07 Å². The molecule has 1 aromatic carbocycles. The molecule has 0 aliphatic carbocycles. The molecule has 1 saturated heterocycles. The number of carbonyl (C=O) groups excluding carboxylic acids is 3. The number of amides is 2.